The lowest BCUT2D eigenvalue weighted by molar-refractivity contribution is -0.137. The lowest BCUT2D eigenvalue weighted by Gasteiger charge is -2.01. The minimum Gasteiger partial charge on any atom is -0.468 e. The minimum atomic E-state index is -0.211. The second kappa shape index (κ2) is 5.49. The molecule has 0 spiro atoms. The maximum absolute atomic E-state index is 10.8. The van der Waals surface area contributed by atoms with E-state index >= 15 is 0 Å². The highest BCUT2D eigenvalue weighted by Crippen LogP contribution is 2.13. The number of carbonyl (C=O) groups is 1. The van der Waals surface area contributed by atoms with E-state index in [-0.39, 0.29) is 5.97 Å². The smallest absolute Gasteiger partial charge is 0.315 e. The molecule has 0 aliphatic carbocycles. The Morgan fingerprint density at radius 2 is 2.50 bits per heavy atom. The van der Waals surface area contributed by atoms with Crippen LogP contribution in [0.2, 0.25) is 0 Å². The largest absolute Gasteiger partial charge is 0.468 e. The molecule has 0 aromatic carbocycles. The number of aromatic nitrogens is 1. The van der Waals surface area contributed by atoms with E-state index in [4.69, 9.17) is 5.73 Å². The number of carbonyl (C=O) groups excluding carboxylic acids is 1. The topological polar surface area (TPSA) is 65.2 Å². The van der Waals surface area contributed by atoms with Gasteiger partial charge in [-0.05, 0) is 17.7 Å². The molecule has 0 bridgehead atoms. The molecule has 14 heavy (non-hydrogen) atoms. The zero-order valence-corrected chi connectivity index (χ0v) is 8.71. The number of nitrogens with two attached hydrogens (primary N) is 1. The molecule has 76 valence electrons. The number of hydrogen-bond acceptors (Lipinski definition) is 5. The molecule has 0 aliphatic rings. The van der Waals surface area contributed by atoms with Crippen molar-refractivity contribution in [3.8, 4) is 0 Å². The second-order valence-corrected chi connectivity index (χ2v) is 3.64. The summed E-state index contributed by atoms with van der Waals surface area (Å²) in [4.78, 5) is 14.7. The van der Waals surface area contributed by atoms with Crippen molar-refractivity contribution in [2.24, 2.45) is 0 Å². The van der Waals surface area contributed by atoms with Crippen molar-refractivity contribution < 1.29 is 9.53 Å². The molecule has 2 N–H and O–H groups in total. The number of nitrogen functional groups attached to an aromatic ring is 1. The van der Waals surface area contributed by atoms with Crippen molar-refractivity contribution >= 4 is 23.5 Å². The van der Waals surface area contributed by atoms with Crippen molar-refractivity contribution in [1.29, 1.82) is 0 Å². The lowest BCUT2D eigenvalue weighted by Crippen LogP contribution is -2.03. The van der Waals surface area contributed by atoms with Crippen LogP contribution in [-0.2, 0) is 15.3 Å². The number of methoxy groups -OCH3 is 1. The van der Waals surface area contributed by atoms with Crippen LogP contribution in [0.5, 0.6) is 0 Å². The Morgan fingerprint density at radius 3 is 3.14 bits per heavy atom. The summed E-state index contributed by atoms with van der Waals surface area (Å²) in [5.74, 6) is 1.39. The van der Waals surface area contributed by atoms with Gasteiger partial charge in [0.15, 0.2) is 0 Å². The molecule has 0 radical (unpaired) electrons. The first-order valence-corrected chi connectivity index (χ1v) is 5.23. The maximum Gasteiger partial charge on any atom is 0.315 e. The molecule has 0 saturated carbocycles. The third kappa shape index (κ3) is 3.66. The molecular weight excluding hydrogens is 200 g/mol. The number of ether oxygens (including phenoxy) is 1. The fraction of sp³-hybridized carbons (Fsp3) is 0.333. The number of pyridine rings is 1. The average Bonchev–Trinajstić information content (AvgIpc) is 2.17. The number of nitrogens with zero attached hydrogens (tertiary/aromatic N) is 1. The lowest BCUT2D eigenvalue weighted by atomic mass is 10.3. The number of thioether (sulfide) groups is 1. The predicted octanol–water partition coefficient (Wildman–Crippen LogP) is 1.07. The Labute approximate surface area is 86.8 Å². The van der Waals surface area contributed by atoms with E-state index in [1.165, 1.54) is 18.9 Å². The van der Waals surface area contributed by atoms with Gasteiger partial charge in [0.05, 0.1) is 12.9 Å². The van der Waals surface area contributed by atoms with E-state index in [1.807, 2.05) is 6.07 Å². The van der Waals surface area contributed by atoms with Crippen LogP contribution in [0.3, 0.4) is 0 Å². The monoisotopic (exact) mass is 212 g/mol. The highest BCUT2D eigenvalue weighted by Gasteiger charge is 2.00. The summed E-state index contributed by atoms with van der Waals surface area (Å²) in [7, 11) is 1.38. The van der Waals surface area contributed by atoms with Gasteiger partial charge in [0.1, 0.15) is 5.82 Å². The fourth-order valence-electron chi connectivity index (χ4n) is 0.895. The van der Waals surface area contributed by atoms with Crippen molar-refractivity contribution in [1.82, 2.24) is 4.98 Å². The summed E-state index contributed by atoms with van der Waals surface area (Å²) in [5, 5.41) is 0. The number of hydrogen-bond donors (Lipinski definition) is 1. The number of rotatable bonds is 4. The minimum absolute atomic E-state index is 0.211. The van der Waals surface area contributed by atoms with Gasteiger partial charge in [-0.25, -0.2) is 4.98 Å². The SMILES string of the molecule is COC(=O)CSCc1ccnc(N)c1. The first-order valence-electron chi connectivity index (χ1n) is 4.07. The van der Waals surface area contributed by atoms with Gasteiger partial charge < -0.3 is 10.5 Å². The van der Waals surface area contributed by atoms with Gasteiger partial charge in [0.2, 0.25) is 0 Å². The third-order valence-corrected chi connectivity index (χ3v) is 2.54. The van der Waals surface area contributed by atoms with Crippen LogP contribution in [0.25, 0.3) is 0 Å². The quantitative estimate of drug-likeness (QED) is 0.756. The van der Waals surface area contributed by atoms with Crippen LogP contribution in [0, 0.1) is 0 Å². The van der Waals surface area contributed by atoms with Gasteiger partial charge in [-0.2, -0.15) is 0 Å². The van der Waals surface area contributed by atoms with Crippen molar-refractivity contribution in [2.75, 3.05) is 18.6 Å². The summed E-state index contributed by atoms with van der Waals surface area (Å²) in [6.07, 6.45) is 1.66. The van der Waals surface area contributed by atoms with E-state index in [2.05, 4.69) is 9.72 Å². The molecule has 5 heteroatoms. The second-order valence-electron chi connectivity index (χ2n) is 2.66. The van der Waals surface area contributed by atoms with Crippen LogP contribution in [0.1, 0.15) is 5.56 Å². The van der Waals surface area contributed by atoms with Gasteiger partial charge in [0.25, 0.3) is 0 Å². The molecule has 0 saturated heterocycles. The Hall–Kier alpha value is -1.23. The number of esters is 1. The summed E-state index contributed by atoms with van der Waals surface area (Å²) >= 11 is 1.49. The van der Waals surface area contributed by atoms with E-state index < -0.39 is 0 Å². The van der Waals surface area contributed by atoms with E-state index in [1.54, 1.807) is 12.3 Å². The van der Waals surface area contributed by atoms with Crippen LogP contribution < -0.4 is 5.73 Å². The van der Waals surface area contributed by atoms with Crippen molar-refractivity contribution in [2.45, 2.75) is 5.75 Å². The summed E-state index contributed by atoms with van der Waals surface area (Å²) < 4.78 is 4.52. The molecule has 1 rings (SSSR count). The molecule has 0 atom stereocenters. The van der Waals surface area contributed by atoms with Gasteiger partial charge >= 0.3 is 5.97 Å². The Balaban J connectivity index is 2.35. The molecule has 1 aromatic rings. The first kappa shape index (κ1) is 10.8. The zero-order chi connectivity index (χ0) is 10.4. The molecule has 1 aromatic heterocycles. The maximum atomic E-state index is 10.8. The molecule has 4 nitrogen and oxygen atoms in total. The predicted molar refractivity (Wildman–Crippen MR) is 56.8 cm³/mol. The first-order chi connectivity index (χ1) is 6.72. The third-order valence-electron chi connectivity index (χ3n) is 1.56. The van der Waals surface area contributed by atoms with Crippen molar-refractivity contribution in [3.63, 3.8) is 0 Å². The standard InChI is InChI=1S/C9H12N2O2S/c1-13-9(12)6-14-5-7-2-3-11-8(10)4-7/h2-4H,5-6H2,1H3,(H2,10,11). The van der Waals surface area contributed by atoms with Crippen LogP contribution in [-0.4, -0.2) is 23.8 Å². The fourth-order valence-corrected chi connectivity index (χ4v) is 1.70. The number of anilines is 1. The summed E-state index contributed by atoms with van der Waals surface area (Å²) in [6, 6.07) is 3.67. The molecular formula is C9H12N2O2S. The molecule has 0 fully saturated rings. The molecule has 1 heterocycles. The van der Waals surface area contributed by atoms with Gasteiger partial charge in [0, 0.05) is 11.9 Å². The van der Waals surface area contributed by atoms with Crippen LogP contribution >= 0.6 is 11.8 Å². The molecule has 0 unspecified atom stereocenters. The molecule has 0 aliphatic heterocycles. The highest BCUT2D eigenvalue weighted by atomic mass is 32.2. The Morgan fingerprint density at radius 1 is 1.71 bits per heavy atom. The van der Waals surface area contributed by atoms with E-state index in [0.717, 1.165) is 11.3 Å². The average molecular weight is 212 g/mol. The van der Waals surface area contributed by atoms with Crippen molar-refractivity contribution in [3.05, 3.63) is 23.9 Å². The summed E-state index contributed by atoms with van der Waals surface area (Å²) in [5.41, 5.74) is 6.57. The van der Waals surface area contributed by atoms with Gasteiger partial charge in [-0.15, -0.1) is 11.8 Å². The molecule has 0 amide bonds. The van der Waals surface area contributed by atoms with Gasteiger partial charge in [-0.3, -0.25) is 4.79 Å². The highest BCUT2D eigenvalue weighted by molar-refractivity contribution is 7.99. The van der Waals surface area contributed by atoms with E-state index in [0.29, 0.717) is 11.6 Å². The summed E-state index contributed by atoms with van der Waals surface area (Å²) in [6.45, 7) is 0. The van der Waals surface area contributed by atoms with E-state index in [9.17, 15) is 4.79 Å². The van der Waals surface area contributed by atoms with Crippen LogP contribution in [0.4, 0.5) is 5.82 Å². The zero-order valence-electron chi connectivity index (χ0n) is 7.90. The van der Waals surface area contributed by atoms with Gasteiger partial charge in [-0.1, -0.05) is 0 Å². The Kier molecular flexibility index (Phi) is 4.25. The normalized spacial score (nSPS) is 9.79. The Bertz CT molecular complexity index is 317. The van der Waals surface area contributed by atoms with Crippen LogP contribution in [0.15, 0.2) is 18.3 Å².